The third kappa shape index (κ3) is 2.89. The van der Waals surface area contributed by atoms with Gasteiger partial charge in [-0.15, -0.1) is 22.9 Å². The first-order valence-electron chi connectivity index (χ1n) is 6.71. The average Bonchev–Trinajstić information content (AvgIpc) is 2.74. The Labute approximate surface area is 118 Å². The zero-order chi connectivity index (χ0) is 13.0. The summed E-state index contributed by atoms with van der Waals surface area (Å²) in [5.74, 6) is 0.743. The highest BCUT2D eigenvalue weighted by molar-refractivity contribution is 7.12. The first kappa shape index (κ1) is 13.9. The van der Waals surface area contributed by atoms with E-state index in [0.717, 1.165) is 30.7 Å². The third-order valence-electron chi connectivity index (χ3n) is 3.64. The summed E-state index contributed by atoms with van der Waals surface area (Å²) >= 11 is 7.60. The number of alkyl halides is 1. The molecular formula is C14H20ClNOS. The van der Waals surface area contributed by atoms with Crippen LogP contribution in [0.5, 0.6) is 0 Å². The number of carbonyl (C=O) groups is 1. The highest BCUT2D eigenvalue weighted by Crippen LogP contribution is 2.24. The van der Waals surface area contributed by atoms with Crippen molar-refractivity contribution in [3.63, 3.8) is 0 Å². The topological polar surface area (TPSA) is 20.3 Å². The van der Waals surface area contributed by atoms with Gasteiger partial charge in [-0.3, -0.25) is 4.79 Å². The Bertz CT molecular complexity index is 404. The van der Waals surface area contributed by atoms with Crippen molar-refractivity contribution in [1.82, 2.24) is 4.90 Å². The molecule has 1 amide bonds. The predicted octanol–water partition coefficient (Wildman–Crippen LogP) is 3.93. The highest BCUT2D eigenvalue weighted by atomic mass is 35.5. The van der Waals surface area contributed by atoms with Crippen molar-refractivity contribution in [3.8, 4) is 0 Å². The van der Waals surface area contributed by atoms with Crippen LogP contribution in [0.2, 0.25) is 0 Å². The van der Waals surface area contributed by atoms with E-state index in [0.29, 0.717) is 5.88 Å². The number of aryl methyl sites for hydroxylation is 1. The fourth-order valence-corrected chi connectivity index (χ4v) is 3.81. The molecule has 0 spiro atoms. The standard InChI is InChI=1S/C14H20ClNOS/c1-2-11-7-9-18-13(11)14(17)16-8-5-3-4-6-12(16)10-15/h7,9,12H,2-6,8,10H2,1H3. The number of rotatable bonds is 3. The maximum Gasteiger partial charge on any atom is 0.264 e. The van der Waals surface area contributed by atoms with Crippen LogP contribution in [-0.4, -0.2) is 29.3 Å². The molecule has 1 aliphatic heterocycles. The van der Waals surface area contributed by atoms with Crippen LogP contribution in [0, 0.1) is 0 Å². The predicted molar refractivity (Wildman–Crippen MR) is 77.7 cm³/mol. The van der Waals surface area contributed by atoms with E-state index < -0.39 is 0 Å². The zero-order valence-corrected chi connectivity index (χ0v) is 12.4. The van der Waals surface area contributed by atoms with E-state index in [1.54, 1.807) is 11.3 Å². The van der Waals surface area contributed by atoms with Crippen LogP contribution < -0.4 is 0 Å². The molecule has 1 fully saturated rings. The summed E-state index contributed by atoms with van der Waals surface area (Å²) in [4.78, 5) is 15.6. The SMILES string of the molecule is CCc1ccsc1C(=O)N1CCCCCC1CCl. The van der Waals surface area contributed by atoms with Gasteiger partial charge in [0.1, 0.15) is 0 Å². The van der Waals surface area contributed by atoms with Crippen molar-refractivity contribution in [2.45, 2.75) is 45.1 Å². The summed E-state index contributed by atoms with van der Waals surface area (Å²) < 4.78 is 0. The molecule has 4 heteroatoms. The van der Waals surface area contributed by atoms with E-state index in [1.807, 2.05) is 10.3 Å². The number of hydrogen-bond acceptors (Lipinski definition) is 2. The molecule has 0 radical (unpaired) electrons. The van der Waals surface area contributed by atoms with Crippen molar-refractivity contribution < 1.29 is 4.79 Å². The van der Waals surface area contributed by atoms with Gasteiger partial charge in [0, 0.05) is 18.5 Å². The maximum atomic E-state index is 12.6. The Kier molecular flexibility index (Phi) is 5.07. The summed E-state index contributed by atoms with van der Waals surface area (Å²) in [6, 6.07) is 2.28. The largest absolute Gasteiger partial charge is 0.334 e. The fraction of sp³-hybridized carbons (Fsp3) is 0.643. The van der Waals surface area contributed by atoms with Crippen LogP contribution in [0.4, 0.5) is 0 Å². The molecule has 2 rings (SSSR count). The lowest BCUT2D eigenvalue weighted by Crippen LogP contribution is -2.41. The maximum absolute atomic E-state index is 12.6. The lowest BCUT2D eigenvalue weighted by molar-refractivity contribution is 0.0704. The van der Waals surface area contributed by atoms with Crippen molar-refractivity contribution in [2.24, 2.45) is 0 Å². The molecule has 0 bridgehead atoms. The van der Waals surface area contributed by atoms with E-state index in [4.69, 9.17) is 11.6 Å². The van der Waals surface area contributed by atoms with Gasteiger partial charge in [-0.2, -0.15) is 0 Å². The van der Waals surface area contributed by atoms with Gasteiger partial charge in [0.05, 0.1) is 4.88 Å². The summed E-state index contributed by atoms with van der Waals surface area (Å²) in [5, 5.41) is 2.01. The minimum absolute atomic E-state index is 0.189. The van der Waals surface area contributed by atoms with Gasteiger partial charge >= 0.3 is 0 Å². The highest BCUT2D eigenvalue weighted by Gasteiger charge is 2.27. The van der Waals surface area contributed by atoms with Crippen LogP contribution in [0.3, 0.4) is 0 Å². The Balaban J connectivity index is 2.20. The minimum Gasteiger partial charge on any atom is -0.334 e. The van der Waals surface area contributed by atoms with Crippen molar-refractivity contribution in [2.75, 3.05) is 12.4 Å². The molecule has 2 nitrogen and oxygen atoms in total. The second-order valence-corrected chi connectivity index (χ2v) is 6.01. The zero-order valence-electron chi connectivity index (χ0n) is 10.8. The van der Waals surface area contributed by atoms with Crippen LogP contribution in [-0.2, 0) is 6.42 Å². The molecule has 2 heterocycles. The fourth-order valence-electron chi connectivity index (χ4n) is 2.54. The molecule has 100 valence electrons. The lowest BCUT2D eigenvalue weighted by atomic mass is 10.1. The van der Waals surface area contributed by atoms with Gasteiger partial charge in [-0.1, -0.05) is 19.8 Å². The number of hydrogen-bond donors (Lipinski definition) is 0. The summed E-state index contributed by atoms with van der Waals surface area (Å²) in [6.45, 7) is 2.96. The van der Waals surface area contributed by atoms with E-state index >= 15 is 0 Å². The molecule has 1 aromatic heterocycles. The normalized spacial score (nSPS) is 20.8. The number of halogens is 1. The second kappa shape index (κ2) is 6.58. The van der Waals surface area contributed by atoms with Crippen molar-refractivity contribution in [1.29, 1.82) is 0 Å². The van der Waals surface area contributed by atoms with Crippen LogP contribution in [0.1, 0.15) is 47.8 Å². The van der Waals surface area contributed by atoms with Crippen LogP contribution in [0.15, 0.2) is 11.4 Å². The van der Waals surface area contributed by atoms with Gasteiger partial charge in [0.15, 0.2) is 0 Å². The number of nitrogens with zero attached hydrogens (tertiary/aromatic N) is 1. The molecule has 0 N–H and O–H groups in total. The number of carbonyl (C=O) groups excluding carboxylic acids is 1. The van der Waals surface area contributed by atoms with Gasteiger partial charge in [-0.05, 0) is 36.3 Å². The number of likely N-dealkylation sites (tertiary alicyclic amines) is 1. The second-order valence-electron chi connectivity index (χ2n) is 4.78. The van der Waals surface area contributed by atoms with Crippen molar-refractivity contribution in [3.05, 3.63) is 21.9 Å². The van der Waals surface area contributed by atoms with Crippen LogP contribution >= 0.6 is 22.9 Å². The van der Waals surface area contributed by atoms with Gasteiger partial charge in [-0.25, -0.2) is 0 Å². The minimum atomic E-state index is 0.189. The Hall–Kier alpha value is -0.540. The first-order chi connectivity index (χ1) is 8.77. The Morgan fingerprint density at radius 3 is 3.06 bits per heavy atom. The molecule has 1 atom stereocenters. The van der Waals surface area contributed by atoms with Gasteiger partial charge in [0.25, 0.3) is 5.91 Å². The van der Waals surface area contributed by atoms with E-state index in [1.165, 1.54) is 18.4 Å². The molecule has 1 unspecified atom stereocenters. The van der Waals surface area contributed by atoms with E-state index in [9.17, 15) is 4.79 Å². The van der Waals surface area contributed by atoms with E-state index in [2.05, 4.69) is 13.0 Å². The van der Waals surface area contributed by atoms with E-state index in [-0.39, 0.29) is 11.9 Å². The molecule has 0 aliphatic carbocycles. The molecule has 0 saturated carbocycles. The lowest BCUT2D eigenvalue weighted by Gasteiger charge is -2.28. The van der Waals surface area contributed by atoms with Gasteiger partial charge in [0.2, 0.25) is 0 Å². The van der Waals surface area contributed by atoms with Gasteiger partial charge < -0.3 is 4.90 Å². The number of thiophene rings is 1. The average molecular weight is 286 g/mol. The Morgan fingerprint density at radius 1 is 1.50 bits per heavy atom. The molecule has 0 aromatic carbocycles. The summed E-state index contributed by atoms with van der Waals surface area (Å²) in [6.07, 6.45) is 5.46. The summed E-state index contributed by atoms with van der Waals surface area (Å²) in [7, 11) is 0. The summed E-state index contributed by atoms with van der Waals surface area (Å²) in [5.41, 5.74) is 1.17. The molecule has 1 saturated heterocycles. The molecule has 1 aromatic rings. The third-order valence-corrected chi connectivity index (χ3v) is 4.94. The monoisotopic (exact) mass is 285 g/mol. The Morgan fingerprint density at radius 2 is 2.33 bits per heavy atom. The molecular weight excluding hydrogens is 266 g/mol. The molecule has 1 aliphatic rings. The quantitative estimate of drug-likeness (QED) is 0.771. The number of amides is 1. The smallest absolute Gasteiger partial charge is 0.264 e. The van der Waals surface area contributed by atoms with Crippen molar-refractivity contribution >= 4 is 28.8 Å². The first-order valence-corrected chi connectivity index (χ1v) is 8.12. The molecule has 18 heavy (non-hydrogen) atoms. The van der Waals surface area contributed by atoms with Crippen LogP contribution in [0.25, 0.3) is 0 Å².